The fourth-order valence-electron chi connectivity index (χ4n) is 1.63. The Morgan fingerprint density at radius 2 is 1.79 bits per heavy atom. The first-order valence-electron chi connectivity index (χ1n) is 6.14. The first-order valence-corrected chi connectivity index (χ1v) is 6.14. The Bertz CT molecular complexity index is 409. The molecule has 0 aliphatic carbocycles. The number of hydrogen-bond acceptors (Lipinski definition) is 4. The molecule has 0 saturated carbocycles. The van der Waals surface area contributed by atoms with E-state index in [-0.39, 0.29) is 5.91 Å². The smallest absolute Gasteiger partial charge is 0.253 e. The van der Waals surface area contributed by atoms with Crippen molar-refractivity contribution in [2.24, 2.45) is 0 Å². The summed E-state index contributed by atoms with van der Waals surface area (Å²) in [5.41, 5.74) is 0.504. The zero-order valence-corrected chi connectivity index (χ0v) is 11.8. The first-order chi connectivity index (χ1) is 8.97. The number of nitrogens with zero attached hydrogens (tertiary/aromatic N) is 1. The fraction of sp³-hybridized carbons (Fsp3) is 0.500. The SMILES string of the molecule is COc1cc(OC)cc(C(=O)N(C)CCC(C)O)c1. The van der Waals surface area contributed by atoms with Gasteiger partial charge in [-0.2, -0.15) is 0 Å². The van der Waals surface area contributed by atoms with E-state index in [1.54, 1.807) is 51.3 Å². The number of amides is 1. The van der Waals surface area contributed by atoms with E-state index in [2.05, 4.69) is 0 Å². The molecule has 0 fully saturated rings. The van der Waals surface area contributed by atoms with Crippen LogP contribution in [0.3, 0.4) is 0 Å². The van der Waals surface area contributed by atoms with Crippen molar-refractivity contribution < 1.29 is 19.4 Å². The van der Waals surface area contributed by atoms with E-state index in [0.29, 0.717) is 30.0 Å². The lowest BCUT2D eigenvalue weighted by Crippen LogP contribution is -2.29. The molecule has 0 aromatic heterocycles. The highest BCUT2D eigenvalue weighted by atomic mass is 16.5. The predicted molar refractivity (Wildman–Crippen MR) is 72.8 cm³/mol. The molecular formula is C14H21NO4. The number of aliphatic hydroxyl groups is 1. The maximum atomic E-state index is 12.2. The molecule has 0 aliphatic heterocycles. The van der Waals surface area contributed by atoms with Gasteiger partial charge >= 0.3 is 0 Å². The summed E-state index contributed by atoms with van der Waals surface area (Å²) in [6.45, 7) is 2.20. The van der Waals surface area contributed by atoms with Gasteiger partial charge < -0.3 is 19.5 Å². The Morgan fingerprint density at radius 3 is 2.21 bits per heavy atom. The van der Waals surface area contributed by atoms with E-state index in [1.165, 1.54) is 0 Å². The van der Waals surface area contributed by atoms with Crippen molar-refractivity contribution >= 4 is 5.91 Å². The molecule has 0 saturated heterocycles. The van der Waals surface area contributed by atoms with Crippen LogP contribution in [0.15, 0.2) is 18.2 Å². The summed E-state index contributed by atoms with van der Waals surface area (Å²) >= 11 is 0. The lowest BCUT2D eigenvalue weighted by molar-refractivity contribution is 0.0768. The minimum Gasteiger partial charge on any atom is -0.497 e. The van der Waals surface area contributed by atoms with Crippen LogP contribution in [-0.2, 0) is 0 Å². The second-order valence-electron chi connectivity index (χ2n) is 4.47. The molecule has 0 heterocycles. The van der Waals surface area contributed by atoms with E-state index in [4.69, 9.17) is 9.47 Å². The highest BCUT2D eigenvalue weighted by Gasteiger charge is 2.14. The molecule has 1 unspecified atom stereocenters. The Balaban J connectivity index is 2.85. The molecule has 1 N–H and O–H groups in total. The van der Waals surface area contributed by atoms with Crippen molar-refractivity contribution in [1.82, 2.24) is 4.90 Å². The summed E-state index contributed by atoms with van der Waals surface area (Å²) < 4.78 is 10.3. The highest BCUT2D eigenvalue weighted by Crippen LogP contribution is 2.23. The Hall–Kier alpha value is -1.75. The number of hydrogen-bond donors (Lipinski definition) is 1. The summed E-state index contributed by atoms with van der Waals surface area (Å²) in [5.74, 6) is 1.02. The predicted octanol–water partition coefficient (Wildman–Crippen LogP) is 1.55. The van der Waals surface area contributed by atoms with Crippen LogP contribution in [0.4, 0.5) is 0 Å². The Kier molecular flexibility index (Phi) is 5.63. The molecule has 19 heavy (non-hydrogen) atoms. The topological polar surface area (TPSA) is 59.0 Å². The van der Waals surface area contributed by atoms with Crippen molar-refractivity contribution in [3.63, 3.8) is 0 Å². The van der Waals surface area contributed by atoms with Gasteiger partial charge in [0.1, 0.15) is 11.5 Å². The summed E-state index contributed by atoms with van der Waals surface area (Å²) in [6, 6.07) is 5.06. The monoisotopic (exact) mass is 267 g/mol. The number of carbonyl (C=O) groups excluding carboxylic acids is 1. The first kappa shape index (κ1) is 15.3. The molecule has 106 valence electrons. The van der Waals surface area contributed by atoms with Crippen LogP contribution in [0.1, 0.15) is 23.7 Å². The van der Waals surface area contributed by atoms with E-state index in [1.807, 2.05) is 0 Å². The van der Waals surface area contributed by atoms with E-state index in [9.17, 15) is 9.90 Å². The van der Waals surface area contributed by atoms with Crippen molar-refractivity contribution in [3.05, 3.63) is 23.8 Å². The number of methoxy groups -OCH3 is 2. The summed E-state index contributed by atoms with van der Waals surface area (Å²) in [6.07, 6.45) is 0.124. The molecule has 0 aliphatic rings. The van der Waals surface area contributed by atoms with Gasteiger partial charge in [-0.15, -0.1) is 0 Å². The Labute approximate surface area is 113 Å². The van der Waals surface area contributed by atoms with Gasteiger partial charge in [-0.3, -0.25) is 4.79 Å². The zero-order valence-electron chi connectivity index (χ0n) is 11.8. The second kappa shape index (κ2) is 6.99. The summed E-state index contributed by atoms with van der Waals surface area (Å²) in [7, 11) is 4.79. The average Bonchev–Trinajstić information content (AvgIpc) is 2.42. The summed E-state index contributed by atoms with van der Waals surface area (Å²) in [4.78, 5) is 13.8. The van der Waals surface area contributed by atoms with Gasteiger partial charge in [-0.05, 0) is 25.5 Å². The van der Waals surface area contributed by atoms with Gasteiger partial charge in [0.2, 0.25) is 0 Å². The number of carbonyl (C=O) groups is 1. The molecule has 5 heteroatoms. The number of benzene rings is 1. The van der Waals surface area contributed by atoms with Crippen LogP contribution < -0.4 is 9.47 Å². The number of aliphatic hydroxyl groups excluding tert-OH is 1. The van der Waals surface area contributed by atoms with Gasteiger partial charge in [0.05, 0.1) is 20.3 Å². The van der Waals surface area contributed by atoms with Crippen LogP contribution in [0, 0.1) is 0 Å². The molecule has 0 bridgehead atoms. The molecular weight excluding hydrogens is 246 g/mol. The lowest BCUT2D eigenvalue weighted by Gasteiger charge is -2.18. The largest absolute Gasteiger partial charge is 0.497 e. The number of rotatable bonds is 6. The second-order valence-corrected chi connectivity index (χ2v) is 4.47. The third kappa shape index (κ3) is 4.44. The fourth-order valence-corrected chi connectivity index (χ4v) is 1.63. The van der Waals surface area contributed by atoms with Gasteiger partial charge in [0, 0.05) is 25.2 Å². The van der Waals surface area contributed by atoms with Crippen LogP contribution in [-0.4, -0.2) is 49.8 Å². The number of ether oxygens (including phenoxy) is 2. The molecule has 1 amide bonds. The molecule has 5 nitrogen and oxygen atoms in total. The third-order valence-corrected chi connectivity index (χ3v) is 2.83. The molecule has 0 radical (unpaired) electrons. The van der Waals surface area contributed by atoms with Crippen LogP contribution >= 0.6 is 0 Å². The molecule has 1 aromatic carbocycles. The summed E-state index contributed by atoms with van der Waals surface area (Å²) in [5, 5.41) is 9.24. The van der Waals surface area contributed by atoms with Crippen LogP contribution in [0.5, 0.6) is 11.5 Å². The van der Waals surface area contributed by atoms with Gasteiger partial charge in [-0.1, -0.05) is 0 Å². The van der Waals surface area contributed by atoms with Gasteiger partial charge in [0.15, 0.2) is 0 Å². The zero-order chi connectivity index (χ0) is 14.4. The third-order valence-electron chi connectivity index (χ3n) is 2.83. The standard InChI is InChI=1S/C14H21NO4/c1-10(16)5-6-15(2)14(17)11-7-12(18-3)9-13(8-11)19-4/h7-10,16H,5-6H2,1-4H3. The molecule has 1 rings (SSSR count). The minimum atomic E-state index is -0.421. The molecule has 1 aromatic rings. The van der Waals surface area contributed by atoms with E-state index >= 15 is 0 Å². The lowest BCUT2D eigenvalue weighted by atomic mass is 10.1. The maximum absolute atomic E-state index is 12.2. The van der Waals surface area contributed by atoms with Crippen molar-refractivity contribution in [2.75, 3.05) is 27.8 Å². The van der Waals surface area contributed by atoms with Crippen molar-refractivity contribution in [2.45, 2.75) is 19.4 Å². The van der Waals surface area contributed by atoms with Crippen LogP contribution in [0.2, 0.25) is 0 Å². The van der Waals surface area contributed by atoms with Crippen LogP contribution in [0.25, 0.3) is 0 Å². The van der Waals surface area contributed by atoms with E-state index in [0.717, 1.165) is 0 Å². The average molecular weight is 267 g/mol. The van der Waals surface area contributed by atoms with Gasteiger partial charge in [0.25, 0.3) is 5.91 Å². The normalized spacial score (nSPS) is 11.8. The van der Waals surface area contributed by atoms with Crippen molar-refractivity contribution in [1.29, 1.82) is 0 Å². The molecule has 1 atom stereocenters. The molecule has 0 spiro atoms. The van der Waals surface area contributed by atoms with Crippen molar-refractivity contribution in [3.8, 4) is 11.5 Å². The highest BCUT2D eigenvalue weighted by molar-refractivity contribution is 5.94. The van der Waals surface area contributed by atoms with E-state index < -0.39 is 6.10 Å². The van der Waals surface area contributed by atoms with Gasteiger partial charge in [-0.25, -0.2) is 0 Å². The maximum Gasteiger partial charge on any atom is 0.253 e. The minimum absolute atomic E-state index is 0.127. The Morgan fingerprint density at radius 1 is 1.26 bits per heavy atom. The quantitative estimate of drug-likeness (QED) is 0.849.